The summed E-state index contributed by atoms with van der Waals surface area (Å²) in [7, 11) is 4.25. The van der Waals surface area contributed by atoms with Gasteiger partial charge in [0.2, 0.25) is 0 Å². The molecule has 126 valence electrons. The molecule has 1 aromatic carbocycles. The van der Waals surface area contributed by atoms with Crippen LogP contribution in [0.3, 0.4) is 0 Å². The van der Waals surface area contributed by atoms with Gasteiger partial charge in [0.15, 0.2) is 0 Å². The molecular formula is C21H31NO. The van der Waals surface area contributed by atoms with Crippen LogP contribution < -0.4 is 0 Å². The lowest BCUT2D eigenvalue weighted by molar-refractivity contribution is -0.0522. The van der Waals surface area contributed by atoms with Crippen molar-refractivity contribution < 1.29 is 5.11 Å². The minimum absolute atomic E-state index is 0.351. The molecule has 0 heterocycles. The van der Waals surface area contributed by atoms with Gasteiger partial charge in [-0.3, -0.25) is 0 Å². The highest BCUT2D eigenvalue weighted by Crippen LogP contribution is 2.48. The molecule has 0 spiro atoms. The van der Waals surface area contributed by atoms with Crippen LogP contribution >= 0.6 is 0 Å². The third-order valence-electron chi connectivity index (χ3n) is 5.83. The van der Waals surface area contributed by atoms with Gasteiger partial charge in [-0.1, -0.05) is 54.8 Å². The van der Waals surface area contributed by atoms with Gasteiger partial charge in [-0.25, -0.2) is 0 Å². The maximum atomic E-state index is 11.6. The van der Waals surface area contributed by atoms with Crippen LogP contribution in [-0.2, 0) is 0 Å². The molecule has 0 bridgehead atoms. The van der Waals surface area contributed by atoms with E-state index in [9.17, 15) is 5.11 Å². The summed E-state index contributed by atoms with van der Waals surface area (Å²) in [5, 5.41) is 11.6. The van der Waals surface area contributed by atoms with E-state index in [2.05, 4.69) is 55.4 Å². The fraction of sp³-hybridized carbons (Fsp3) is 0.619. The van der Waals surface area contributed by atoms with Crippen LogP contribution in [-0.4, -0.2) is 36.2 Å². The van der Waals surface area contributed by atoms with E-state index in [1.165, 1.54) is 36.8 Å². The Labute approximate surface area is 141 Å². The smallest absolute Gasteiger partial charge is 0.0753 e. The largest absolute Gasteiger partial charge is 0.389 e. The zero-order valence-corrected chi connectivity index (χ0v) is 14.7. The van der Waals surface area contributed by atoms with Crippen molar-refractivity contribution in [1.29, 1.82) is 0 Å². The highest BCUT2D eigenvalue weighted by Gasteiger charge is 2.48. The first-order valence-electron chi connectivity index (χ1n) is 9.22. The lowest BCUT2D eigenvalue weighted by atomic mass is 9.69. The first kappa shape index (κ1) is 16.7. The molecule has 2 heteroatoms. The highest BCUT2D eigenvalue weighted by atomic mass is 16.3. The monoisotopic (exact) mass is 313 g/mol. The molecule has 23 heavy (non-hydrogen) atoms. The summed E-state index contributed by atoms with van der Waals surface area (Å²) >= 11 is 0. The summed E-state index contributed by atoms with van der Waals surface area (Å²) < 4.78 is 0. The molecule has 2 aliphatic carbocycles. The predicted molar refractivity (Wildman–Crippen MR) is 97.2 cm³/mol. The molecule has 2 fully saturated rings. The zero-order valence-electron chi connectivity index (χ0n) is 14.7. The van der Waals surface area contributed by atoms with Gasteiger partial charge >= 0.3 is 0 Å². The molecule has 3 unspecified atom stereocenters. The summed E-state index contributed by atoms with van der Waals surface area (Å²) in [5.74, 6) is 0.767. The van der Waals surface area contributed by atoms with Gasteiger partial charge in [-0.05, 0) is 51.8 Å². The Hall–Kier alpha value is -1.12. The van der Waals surface area contributed by atoms with Crippen LogP contribution in [0.15, 0.2) is 35.9 Å². The van der Waals surface area contributed by atoms with E-state index < -0.39 is 5.60 Å². The Kier molecular flexibility index (Phi) is 5.23. The summed E-state index contributed by atoms with van der Waals surface area (Å²) in [6, 6.07) is 10.6. The van der Waals surface area contributed by atoms with Crippen molar-refractivity contribution in [2.75, 3.05) is 20.6 Å². The number of hydrogen-bond donors (Lipinski definition) is 1. The maximum Gasteiger partial charge on any atom is 0.0753 e. The number of hydrogen-bond acceptors (Lipinski definition) is 2. The topological polar surface area (TPSA) is 23.5 Å². The number of aliphatic hydroxyl groups is 1. The summed E-state index contributed by atoms with van der Waals surface area (Å²) in [4.78, 5) is 2.24. The second-order valence-electron chi connectivity index (χ2n) is 7.77. The second kappa shape index (κ2) is 7.19. The van der Waals surface area contributed by atoms with Crippen molar-refractivity contribution in [1.82, 2.24) is 4.90 Å². The normalized spacial score (nSPS) is 33.5. The molecule has 2 saturated carbocycles. The van der Waals surface area contributed by atoms with Gasteiger partial charge in [0.05, 0.1) is 5.60 Å². The summed E-state index contributed by atoms with van der Waals surface area (Å²) in [5.41, 5.74) is 2.27. The molecule has 1 aromatic rings. The van der Waals surface area contributed by atoms with E-state index in [0.717, 1.165) is 25.8 Å². The number of rotatable bonds is 4. The van der Waals surface area contributed by atoms with Crippen molar-refractivity contribution in [3.05, 3.63) is 41.5 Å². The fourth-order valence-electron chi connectivity index (χ4n) is 4.78. The highest BCUT2D eigenvalue weighted by molar-refractivity contribution is 5.54. The van der Waals surface area contributed by atoms with Gasteiger partial charge in [0.1, 0.15) is 0 Å². The third kappa shape index (κ3) is 3.70. The molecule has 3 rings (SSSR count). The Morgan fingerprint density at radius 3 is 2.65 bits per heavy atom. The van der Waals surface area contributed by atoms with E-state index in [1.807, 2.05) is 0 Å². The lowest BCUT2D eigenvalue weighted by Crippen LogP contribution is -2.46. The predicted octanol–water partition coefficient (Wildman–Crippen LogP) is 4.35. The standard InChI is InChI=1S/C21H31NO/c1-22(2)16-19-12-8-14-21(19,23)20-13-7-6-11-18(20)15-17-9-4-3-5-10-17/h3-5,9-10,15,19-20,23H,6-8,11-14,16H2,1-2H3. The van der Waals surface area contributed by atoms with Gasteiger partial charge < -0.3 is 10.0 Å². The van der Waals surface area contributed by atoms with Crippen LogP contribution in [0.25, 0.3) is 6.08 Å². The van der Waals surface area contributed by atoms with E-state index in [-0.39, 0.29) is 0 Å². The van der Waals surface area contributed by atoms with Crippen molar-refractivity contribution in [3.8, 4) is 0 Å². The third-order valence-corrected chi connectivity index (χ3v) is 5.83. The van der Waals surface area contributed by atoms with Crippen LogP contribution in [0.2, 0.25) is 0 Å². The minimum Gasteiger partial charge on any atom is -0.389 e. The van der Waals surface area contributed by atoms with Gasteiger partial charge in [0.25, 0.3) is 0 Å². The Morgan fingerprint density at radius 1 is 1.13 bits per heavy atom. The van der Waals surface area contributed by atoms with E-state index >= 15 is 0 Å². The lowest BCUT2D eigenvalue weighted by Gasteiger charge is -2.42. The van der Waals surface area contributed by atoms with Gasteiger partial charge in [-0.2, -0.15) is 0 Å². The summed E-state index contributed by atoms with van der Waals surface area (Å²) in [6.45, 7) is 1.01. The number of nitrogens with zero attached hydrogens (tertiary/aromatic N) is 1. The van der Waals surface area contributed by atoms with Crippen molar-refractivity contribution >= 4 is 6.08 Å². The van der Waals surface area contributed by atoms with Crippen LogP contribution in [0.4, 0.5) is 0 Å². The van der Waals surface area contributed by atoms with Crippen molar-refractivity contribution in [2.24, 2.45) is 11.8 Å². The molecule has 0 radical (unpaired) electrons. The number of benzene rings is 1. The molecule has 2 nitrogen and oxygen atoms in total. The van der Waals surface area contributed by atoms with E-state index in [1.54, 1.807) is 0 Å². The quantitative estimate of drug-likeness (QED) is 0.893. The first-order valence-corrected chi connectivity index (χ1v) is 9.22. The molecule has 0 aliphatic heterocycles. The van der Waals surface area contributed by atoms with Gasteiger partial charge in [-0.15, -0.1) is 0 Å². The Balaban J connectivity index is 1.87. The average Bonchev–Trinajstić information content (AvgIpc) is 2.90. The van der Waals surface area contributed by atoms with E-state index in [0.29, 0.717) is 11.8 Å². The Bertz CT molecular complexity index is 536. The second-order valence-corrected chi connectivity index (χ2v) is 7.77. The minimum atomic E-state index is -0.495. The maximum absolute atomic E-state index is 11.6. The molecule has 0 aromatic heterocycles. The molecule has 0 saturated heterocycles. The fourth-order valence-corrected chi connectivity index (χ4v) is 4.78. The van der Waals surface area contributed by atoms with Crippen LogP contribution in [0.5, 0.6) is 0 Å². The summed E-state index contributed by atoms with van der Waals surface area (Å²) in [6.07, 6.45) is 10.5. The molecular weight excluding hydrogens is 282 g/mol. The molecule has 3 atom stereocenters. The van der Waals surface area contributed by atoms with Crippen molar-refractivity contribution in [3.63, 3.8) is 0 Å². The molecule has 1 N–H and O–H groups in total. The first-order chi connectivity index (χ1) is 11.1. The van der Waals surface area contributed by atoms with Crippen LogP contribution in [0.1, 0.15) is 50.5 Å². The van der Waals surface area contributed by atoms with E-state index in [4.69, 9.17) is 0 Å². The van der Waals surface area contributed by atoms with Crippen LogP contribution in [0, 0.1) is 11.8 Å². The SMILES string of the molecule is CN(C)CC1CCCC1(O)C1CCCCC1=Cc1ccccc1. The van der Waals surface area contributed by atoms with Crippen molar-refractivity contribution in [2.45, 2.75) is 50.5 Å². The zero-order chi connectivity index (χ0) is 16.3. The average molecular weight is 313 g/mol. The Morgan fingerprint density at radius 2 is 1.91 bits per heavy atom. The molecule has 2 aliphatic rings. The molecule has 0 amide bonds. The van der Waals surface area contributed by atoms with Gasteiger partial charge in [0, 0.05) is 18.4 Å².